The molecule has 170 valence electrons. The maximum Gasteiger partial charge on any atom is 0.305 e. The third-order valence-corrected chi connectivity index (χ3v) is 5.36. The fraction of sp³-hybridized carbons (Fsp3) is 0.440. The van der Waals surface area contributed by atoms with Crippen LogP contribution in [-0.2, 0) is 38.5 Å². The first kappa shape index (κ1) is 23.4. The third kappa shape index (κ3) is 5.52. The summed E-state index contributed by atoms with van der Waals surface area (Å²) >= 11 is 0. The highest BCUT2D eigenvalue weighted by atomic mass is 16.5. The molecule has 7 nitrogen and oxygen atoms in total. The number of pyridine rings is 1. The summed E-state index contributed by atoms with van der Waals surface area (Å²) in [6.07, 6.45) is 7.11. The summed E-state index contributed by atoms with van der Waals surface area (Å²) in [7, 11) is 0. The summed E-state index contributed by atoms with van der Waals surface area (Å²) in [5.41, 5.74) is 6.95. The van der Waals surface area contributed by atoms with Gasteiger partial charge in [-0.1, -0.05) is 6.92 Å². The summed E-state index contributed by atoms with van der Waals surface area (Å²) in [5.74, 6) is -0.523. The van der Waals surface area contributed by atoms with Crippen LogP contribution in [0.4, 0.5) is 0 Å². The molecule has 0 aliphatic heterocycles. The van der Waals surface area contributed by atoms with Crippen LogP contribution in [0, 0.1) is 6.92 Å². The molecule has 0 aliphatic carbocycles. The van der Waals surface area contributed by atoms with Crippen LogP contribution < -0.4 is 0 Å². The molecular formula is C25H31N3O4. The molecule has 3 aromatic heterocycles. The number of hydrogen-bond acceptors (Lipinski definition) is 6. The molecular weight excluding hydrogens is 406 g/mol. The van der Waals surface area contributed by atoms with Crippen molar-refractivity contribution in [1.82, 2.24) is 14.6 Å². The molecule has 0 N–H and O–H groups in total. The Balaban J connectivity index is 2.07. The molecule has 0 radical (unpaired) electrons. The van der Waals surface area contributed by atoms with Gasteiger partial charge in [0.2, 0.25) is 0 Å². The minimum atomic E-state index is -0.345. The van der Waals surface area contributed by atoms with Crippen LogP contribution >= 0.6 is 0 Å². The second-order valence-corrected chi connectivity index (χ2v) is 7.82. The summed E-state index contributed by atoms with van der Waals surface area (Å²) in [6, 6.07) is 6.27. The monoisotopic (exact) mass is 437 g/mol. The van der Waals surface area contributed by atoms with Crippen LogP contribution in [0.1, 0.15) is 62.5 Å². The van der Waals surface area contributed by atoms with Gasteiger partial charge in [0.25, 0.3) is 0 Å². The normalized spacial score (nSPS) is 11.0. The molecule has 3 rings (SSSR count). The van der Waals surface area contributed by atoms with E-state index in [9.17, 15) is 9.59 Å². The van der Waals surface area contributed by atoms with Gasteiger partial charge in [0.1, 0.15) is 12.3 Å². The smallest absolute Gasteiger partial charge is 0.305 e. The van der Waals surface area contributed by atoms with E-state index in [1.54, 1.807) is 0 Å². The van der Waals surface area contributed by atoms with E-state index in [1.807, 2.05) is 30.8 Å². The molecule has 0 unspecified atom stereocenters. The Bertz CT molecular complexity index is 1100. The van der Waals surface area contributed by atoms with Crippen LogP contribution in [-0.4, -0.2) is 33.1 Å². The SMILES string of the molecule is CCOC(=O)CCCCc1c(COC(C)=O)nn2c(CC)ccc2c1-c1cncc(C)c1. The number of rotatable bonds is 10. The van der Waals surface area contributed by atoms with Crippen LogP contribution in [0.2, 0.25) is 0 Å². The van der Waals surface area contributed by atoms with Gasteiger partial charge in [0.05, 0.1) is 12.1 Å². The maximum absolute atomic E-state index is 11.7. The molecule has 0 bridgehead atoms. The van der Waals surface area contributed by atoms with Crippen molar-refractivity contribution in [2.45, 2.75) is 66.4 Å². The Kier molecular flexibility index (Phi) is 7.98. The van der Waals surface area contributed by atoms with Gasteiger partial charge >= 0.3 is 11.9 Å². The van der Waals surface area contributed by atoms with Crippen molar-refractivity contribution in [1.29, 1.82) is 0 Å². The Morgan fingerprint density at radius 2 is 1.91 bits per heavy atom. The zero-order valence-electron chi connectivity index (χ0n) is 19.3. The van der Waals surface area contributed by atoms with E-state index in [0.717, 1.165) is 52.0 Å². The third-order valence-electron chi connectivity index (χ3n) is 5.36. The van der Waals surface area contributed by atoms with Gasteiger partial charge in [0.15, 0.2) is 0 Å². The second kappa shape index (κ2) is 10.9. The lowest BCUT2D eigenvalue weighted by Crippen LogP contribution is -2.12. The van der Waals surface area contributed by atoms with E-state index < -0.39 is 0 Å². The molecule has 0 amide bonds. The molecule has 0 spiro atoms. The first-order valence-corrected chi connectivity index (χ1v) is 11.2. The number of fused-ring (bicyclic) bond motifs is 1. The Morgan fingerprint density at radius 3 is 2.59 bits per heavy atom. The predicted molar refractivity (Wildman–Crippen MR) is 122 cm³/mol. The minimum Gasteiger partial charge on any atom is -0.466 e. The van der Waals surface area contributed by atoms with Crippen molar-refractivity contribution in [3.05, 3.63) is 53.1 Å². The van der Waals surface area contributed by atoms with E-state index in [4.69, 9.17) is 14.6 Å². The van der Waals surface area contributed by atoms with E-state index in [0.29, 0.717) is 25.9 Å². The van der Waals surface area contributed by atoms with Crippen LogP contribution in [0.25, 0.3) is 16.6 Å². The summed E-state index contributed by atoms with van der Waals surface area (Å²) < 4.78 is 12.3. The number of hydrogen-bond donors (Lipinski definition) is 0. The molecule has 0 aliphatic rings. The highest BCUT2D eigenvalue weighted by Crippen LogP contribution is 2.33. The topological polar surface area (TPSA) is 82.8 Å². The van der Waals surface area contributed by atoms with Gasteiger partial charge in [-0.25, -0.2) is 4.52 Å². The molecule has 0 fully saturated rings. The van der Waals surface area contributed by atoms with Gasteiger partial charge in [-0.2, -0.15) is 5.10 Å². The standard InChI is InChI=1S/C25H31N3O4/c1-5-20-11-12-23-25(19-13-17(3)14-26-15-19)21(9-7-8-10-24(30)31-6-2)22(27-28(20)23)16-32-18(4)29/h11-15H,5-10,16H2,1-4H3. The van der Waals surface area contributed by atoms with Crippen molar-refractivity contribution in [3.8, 4) is 11.1 Å². The molecule has 0 saturated carbocycles. The second-order valence-electron chi connectivity index (χ2n) is 7.82. The summed E-state index contributed by atoms with van der Waals surface area (Å²) in [4.78, 5) is 27.7. The van der Waals surface area contributed by atoms with E-state index in [1.165, 1.54) is 6.92 Å². The quantitative estimate of drug-likeness (QED) is 0.340. The fourth-order valence-electron chi connectivity index (χ4n) is 3.90. The Hall–Kier alpha value is -3.22. The number of esters is 2. The lowest BCUT2D eigenvalue weighted by Gasteiger charge is -2.17. The highest BCUT2D eigenvalue weighted by Gasteiger charge is 2.20. The number of unbranched alkanes of at least 4 members (excludes halogenated alkanes) is 1. The molecule has 32 heavy (non-hydrogen) atoms. The van der Waals surface area contributed by atoms with Crippen molar-refractivity contribution in [2.24, 2.45) is 0 Å². The van der Waals surface area contributed by atoms with Crippen molar-refractivity contribution in [2.75, 3.05) is 6.61 Å². The molecule has 3 heterocycles. The maximum atomic E-state index is 11.7. The number of aromatic nitrogens is 3. The van der Waals surface area contributed by atoms with Gasteiger partial charge in [-0.3, -0.25) is 14.6 Å². The zero-order chi connectivity index (χ0) is 23.1. The first-order chi connectivity index (χ1) is 15.4. The van der Waals surface area contributed by atoms with Gasteiger partial charge < -0.3 is 9.47 Å². The summed E-state index contributed by atoms with van der Waals surface area (Å²) in [5, 5.41) is 4.86. The number of carbonyl (C=O) groups is 2. The van der Waals surface area contributed by atoms with Crippen molar-refractivity contribution in [3.63, 3.8) is 0 Å². The number of nitrogens with zero attached hydrogens (tertiary/aromatic N) is 3. The van der Waals surface area contributed by atoms with Gasteiger partial charge in [0, 0.05) is 42.6 Å². The lowest BCUT2D eigenvalue weighted by atomic mass is 9.95. The Morgan fingerprint density at radius 1 is 1.09 bits per heavy atom. The Labute approximate surface area is 188 Å². The van der Waals surface area contributed by atoms with E-state index >= 15 is 0 Å². The fourth-order valence-corrected chi connectivity index (χ4v) is 3.90. The number of carbonyl (C=O) groups excluding carboxylic acids is 2. The van der Waals surface area contributed by atoms with Gasteiger partial charge in [-0.05, 0) is 68.9 Å². The van der Waals surface area contributed by atoms with Crippen LogP contribution in [0.15, 0.2) is 30.6 Å². The first-order valence-electron chi connectivity index (χ1n) is 11.2. The minimum absolute atomic E-state index is 0.103. The van der Waals surface area contributed by atoms with Crippen LogP contribution in [0.5, 0.6) is 0 Å². The average Bonchev–Trinajstić information content (AvgIpc) is 3.17. The molecule has 0 atom stereocenters. The van der Waals surface area contributed by atoms with Crippen molar-refractivity contribution >= 4 is 17.5 Å². The molecule has 0 saturated heterocycles. The van der Waals surface area contributed by atoms with Crippen LogP contribution in [0.3, 0.4) is 0 Å². The molecule has 7 heteroatoms. The zero-order valence-corrected chi connectivity index (χ0v) is 19.3. The summed E-state index contributed by atoms with van der Waals surface area (Å²) in [6.45, 7) is 7.81. The van der Waals surface area contributed by atoms with E-state index in [-0.39, 0.29) is 18.5 Å². The van der Waals surface area contributed by atoms with Crippen molar-refractivity contribution < 1.29 is 19.1 Å². The van der Waals surface area contributed by atoms with E-state index in [2.05, 4.69) is 30.1 Å². The lowest BCUT2D eigenvalue weighted by molar-refractivity contribution is -0.143. The number of aryl methyl sites for hydroxylation is 2. The molecule has 0 aromatic carbocycles. The van der Waals surface area contributed by atoms with Gasteiger partial charge in [-0.15, -0.1) is 0 Å². The largest absolute Gasteiger partial charge is 0.466 e. The highest BCUT2D eigenvalue weighted by molar-refractivity contribution is 5.84. The predicted octanol–water partition coefficient (Wildman–Crippen LogP) is 4.61. The molecule has 3 aromatic rings. The number of ether oxygens (including phenoxy) is 2. The average molecular weight is 438 g/mol.